The molecule has 2 heterocycles. The number of hydrogen-bond donors (Lipinski definition) is 0. The largest absolute Gasteiger partial charge is 0.497 e. The number of hydrazone groups is 1. The van der Waals surface area contributed by atoms with Crippen LogP contribution in [0.1, 0.15) is 30.9 Å². The van der Waals surface area contributed by atoms with Gasteiger partial charge < -0.3 is 4.74 Å². The molecule has 6 nitrogen and oxygen atoms in total. The Morgan fingerprint density at radius 1 is 1.23 bits per heavy atom. The van der Waals surface area contributed by atoms with E-state index >= 15 is 0 Å². The van der Waals surface area contributed by atoms with Gasteiger partial charge in [0, 0.05) is 48.5 Å². The zero-order chi connectivity index (χ0) is 22.0. The second-order valence-corrected chi connectivity index (χ2v) is 7.43. The van der Waals surface area contributed by atoms with Gasteiger partial charge in [-0.1, -0.05) is 6.58 Å². The molecule has 0 saturated carbocycles. The van der Waals surface area contributed by atoms with Crippen molar-refractivity contribution in [3.8, 4) is 5.75 Å². The van der Waals surface area contributed by atoms with Crippen molar-refractivity contribution in [1.82, 2.24) is 14.8 Å². The normalized spacial score (nSPS) is 15.6. The Labute approximate surface area is 178 Å². The van der Waals surface area contributed by atoms with Crippen LogP contribution in [-0.4, -0.2) is 34.0 Å². The second kappa shape index (κ2) is 8.67. The van der Waals surface area contributed by atoms with E-state index in [9.17, 15) is 13.6 Å². The summed E-state index contributed by atoms with van der Waals surface area (Å²) in [6.07, 6.45) is 5.02. The first-order chi connectivity index (χ1) is 14.9. The summed E-state index contributed by atoms with van der Waals surface area (Å²) in [7, 11) is 1.61. The number of carbonyl (C=O) groups is 1. The van der Waals surface area contributed by atoms with Crippen LogP contribution in [0.25, 0.3) is 10.9 Å². The van der Waals surface area contributed by atoms with E-state index in [0.717, 1.165) is 22.7 Å². The van der Waals surface area contributed by atoms with Crippen LogP contribution in [-0.2, 0) is 11.3 Å². The summed E-state index contributed by atoms with van der Waals surface area (Å²) in [5.74, 6) is -0.968. The summed E-state index contributed by atoms with van der Waals surface area (Å²) in [4.78, 5) is 12.8. The SMILES string of the molecule is C=C(CCCn1cc2ccc(OC)cc2n1)C(=O)N1N=CCC1c1cc(F)cc(F)c1. The number of carbonyl (C=O) groups excluding carboxylic acids is 1. The van der Waals surface area contributed by atoms with E-state index in [1.165, 1.54) is 17.1 Å². The number of hydrogen-bond acceptors (Lipinski definition) is 4. The topological polar surface area (TPSA) is 59.7 Å². The fourth-order valence-corrected chi connectivity index (χ4v) is 3.67. The molecule has 31 heavy (non-hydrogen) atoms. The van der Waals surface area contributed by atoms with Crippen molar-refractivity contribution >= 4 is 23.0 Å². The predicted octanol–water partition coefficient (Wildman–Crippen LogP) is 4.62. The Morgan fingerprint density at radius 2 is 2.00 bits per heavy atom. The highest BCUT2D eigenvalue weighted by Crippen LogP contribution is 2.31. The van der Waals surface area contributed by atoms with Crippen molar-refractivity contribution in [1.29, 1.82) is 0 Å². The fourth-order valence-electron chi connectivity index (χ4n) is 3.67. The van der Waals surface area contributed by atoms with E-state index in [1.54, 1.807) is 13.3 Å². The van der Waals surface area contributed by atoms with E-state index in [1.807, 2.05) is 29.1 Å². The number of aromatic nitrogens is 2. The molecule has 0 spiro atoms. The second-order valence-electron chi connectivity index (χ2n) is 7.43. The van der Waals surface area contributed by atoms with Gasteiger partial charge in [0.15, 0.2) is 0 Å². The molecular weight excluding hydrogens is 402 g/mol. The monoisotopic (exact) mass is 424 g/mol. The summed E-state index contributed by atoms with van der Waals surface area (Å²) >= 11 is 0. The standard InChI is InChI=1S/C23H22F2N4O2/c1-15(4-3-9-28-14-16-5-6-20(31-2)13-21(16)27-28)23(30)29-22(7-8-26-29)17-10-18(24)12-19(25)11-17/h5-6,8,10-14,22H,1,3-4,7,9H2,2H3. The van der Waals surface area contributed by atoms with E-state index in [-0.39, 0.29) is 5.91 Å². The molecule has 1 atom stereocenters. The molecule has 4 rings (SSSR count). The number of amides is 1. The van der Waals surface area contributed by atoms with Crippen molar-refractivity contribution in [2.75, 3.05) is 7.11 Å². The number of nitrogens with zero attached hydrogens (tertiary/aromatic N) is 4. The first-order valence-corrected chi connectivity index (χ1v) is 9.95. The maximum atomic E-state index is 13.6. The van der Waals surface area contributed by atoms with Crippen LogP contribution in [0, 0.1) is 11.6 Å². The zero-order valence-electron chi connectivity index (χ0n) is 17.1. The fraction of sp³-hybridized carbons (Fsp3) is 0.261. The van der Waals surface area contributed by atoms with E-state index in [2.05, 4.69) is 16.8 Å². The molecule has 0 bridgehead atoms. The number of benzene rings is 2. The first-order valence-electron chi connectivity index (χ1n) is 9.95. The number of methoxy groups -OCH3 is 1. The molecule has 8 heteroatoms. The van der Waals surface area contributed by atoms with E-state index in [4.69, 9.17) is 4.74 Å². The lowest BCUT2D eigenvalue weighted by molar-refractivity contribution is -0.129. The van der Waals surface area contributed by atoms with Gasteiger partial charge in [-0.2, -0.15) is 10.2 Å². The molecule has 1 aromatic heterocycles. The average Bonchev–Trinajstić information content (AvgIpc) is 3.38. The molecule has 1 aliphatic rings. The lowest BCUT2D eigenvalue weighted by atomic mass is 10.0. The maximum absolute atomic E-state index is 13.6. The molecule has 2 aromatic carbocycles. The van der Waals surface area contributed by atoms with E-state index < -0.39 is 17.7 Å². The van der Waals surface area contributed by atoms with Crippen LogP contribution in [0.15, 0.2) is 59.8 Å². The van der Waals surface area contributed by atoms with Crippen LogP contribution in [0.2, 0.25) is 0 Å². The molecule has 0 aliphatic carbocycles. The molecular formula is C23H22F2N4O2. The molecule has 0 N–H and O–H groups in total. The quantitative estimate of drug-likeness (QED) is 0.520. The minimum absolute atomic E-state index is 0.348. The number of aryl methyl sites for hydroxylation is 1. The highest BCUT2D eigenvalue weighted by Gasteiger charge is 2.30. The smallest absolute Gasteiger partial charge is 0.269 e. The molecule has 160 valence electrons. The third kappa shape index (κ3) is 4.47. The molecule has 3 aromatic rings. The van der Waals surface area contributed by atoms with Gasteiger partial charge in [0.1, 0.15) is 17.4 Å². The van der Waals surface area contributed by atoms with Crippen LogP contribution in [0.3, 0.4) is 0 Å². The van der Waals surface area contributed by atoms with Gasteiger partial charge in [0.2, 0.25) is 0 Å². The lowest BCUT2D eigenvalue weighted by Crippen LogP contribution is -2.28. The van der Waals surface area contributed by atoms with Crippen LogP contribution >= 0.6 is 0 Å². The van der Waals surface area contributed by atoms with Crippen molar-refractivity contribution in [3.05, 3.63) is 71.9 Å². The maximum Gasteiger partial charge on any atom is 0.269 e. The van der Waals surface area contributed by atoms with Gasteiger partial charge in [-0.05, 0) is 42.7 Å². The lowest BCUT2D eigenvalue weighted by Gasteiger charge is -2.23. The van der Waals surface area contributed by atoms with Crippen molar-refractivity contribution in [2.45, 2.75) is 31.8 Å². The van der Waals surface area contributed by atoms with E-state index in [0.29, 0.717) is 36.9 Å². The highest BCUT2D eigenvalue weighted by atomic mass is 19.1. The summed E-state index contributed by atoms with van der Waals surface area (Å²) in [5.41, 5.74) is 1.60. The van der Waals surface area contributed by atoms with Crippen LogP contribution < -0.4 is 4.74 Å². The summed E-state index contributed by atoms with van der Waals surface area (Å²) < 4.78 is 34.2. The molecule has 1 aliphatic heterocycles. The number of halogens is 2. The Kier molecular flexibility index (Phi) is 5.79. The Balaban J connectivity index is 1.37. The van der Waals surface area contributed by atoms with Gasteiger partial charge in [0.05, 0.1) is 18.7 Å². The summed E-state index contributed by atoms with van der Waals surface area (Å²) in [6.45, 7) is 4.52. The van der Waals surface area contributed by atoms with Gasteiger partial charge >= 0.3 is 0 Å². The Hall–Kier alpha value is -3.55. The molecule has 1 unspecified atom stereocenters. The number of fused-ring (bicyclic) bond motifs is 1. The van der Waals surface area contributed by atoms with Gasteiger partial charge in [-0.3, -0.25) is 9.48 Å². The number of ether oxygens (including phenoxy) is 1. The first kappa shape index (κ1) is 20.7. The Bertz CT molecular complexity index is 1150. The van der Waals surface area contributed by atoms with Crippen LogP contribution in [0.4, 0.5) is 8.78 Å². The van der Waals surface area contributed by atoms with Crippen molar-refractivity contribution in [2.24, 2.45) is 5.10 Å². The summed E-state index contributed by atoms with van der Waals surface area (Å²) in [5, 5.41) is 10.9. The van der Waals surface area contributed by atoms with Crippen LogP contribution in [0.5, 0.6) is 5.75 Å². The summed E-state index contributed by atoms with van der Waals surface area (Å²) in [6, 6.07) is 8.41. The van der Waals surface area contributed by atoms with Crippen molar-refractivity contribution < 1.29 is 18.3 Å². The molecule has 1 amide bonds. The van der Waals surface area contributed by atoms with Gasteiger partial charge in [-0.25, -0.2) is 13.8 Å². The zero-order valence-corrected chi connectivity index (χ0v) is 17.1. The van der Waals surface area contributed by atoms with Gasteiger partial charge in [-0.15, -0.1) is 0 Å². The third-order valence-corrected chi connectivity index (χ3v) is 5.24. The molecule has 0 fully saturated rings. The third-order valence-electron chi connectivity index (χ3n) is 5.24. The minimum atomic E-state index is -0.683. The molecule has 0 saturated heterocycles. The molecule has 0 radical (unpaired) electrons. The minimum Gasteiger partial charge on any atom is -0.497 e. The van der Waals surface area contributed by atoms with Gasteiger partial charge in [0.25, 0.3) is 5.91 Å². The average molecular weight is 424 g/mol. The highest BCUT2D eigenvalue weighted by molar-refractivity contribution is 5.94. The predicted molar refractivity (Wildman–Crippen MR) is 114 cm³/mol. The number of rotatable bonds is 7. The van der Waals surface area contributed by atoms with Crippen molar-refractivity contribution in [3.63, 3.8) is 0 Å². The Morgan fingerprint density at radius 3 is 2.74 bits per heavy atom.